The minimum Gasteiger partial charge on any atom is -0.496 e. The van der Waals surface area contributed by atoms with Gasteiger partial charge in [-0.1, -0.05) is 48.5 Å². The Hall–Kier alpha value is -2.33. The number of aliphatic hydroxyl groups excluding tert-OH is 1. The van der Waals surface area contributed by atoms with Gasteiger partial charge in [-0.05, 0) is 24.5 Å². The van der Waals surface area contributed by atoms with E-state index >= 15 is 0 Å². The lowest BCUT2D eigenvalue weighted by molar-refractivity contribution is -0.141. The van der Waals surface area contributed by atoms with Gasteiger partial charge in [0.1, 0.15) is 5.75 Å². The molecule has 1 aliphatic heterocycles. The zero-order chi connectivity index (χ0) is 16.2. The van der Waals surface area contributed by atoms with E-state index in [4.69, 9.17) is 4.74 Å². The minimum atomic E-state index is -1.12. The van der Waals surface area contributed by atoms with Gasteiger partial charge in [-0.3, -0.25) is 4.79 Å². The van der Waals surface area contributed by atoms with Crippen LogP contribution in [0.2, 0.25) is 0 Å². The Bertz CT molecular complexity index is 671. The third-order valence-corrected chi connectivity index (χ3v) is 4.38. The average molecular weight is 311 g/mol. The van der Waals surface area contributed by atoms with Crippen LogP contribution in [0.4, 0.5) is 0 Å². The molecule has 0 aliphatic carbocycles. The molecule has 1 heterocycles. The molecule has 1 aliphatic rings. The molecule has 3 rings (SSSR count). The largest absolute Gasteiger partial charge is 0.496 e. The second-order valence-electron chi connectivity index (χ2n) is 5.74. The summed E-state index contributed by atoms with van der Waals surface area (Å²) in [6.45, 7) is 0.658. The van der Waals surface area contributed by atoms with E-state index in [1.54, 1.807) is 24.1 Å². The number of hydrogen-bond donors (Lipinski definition) is 1. The van der Waals surface area contributed by atoms with Crippen LogP contribution in [-0.2, 0) is 4.79 Å². The molecule has 2 atom stereocenters. The summed E-state index contributed by atoms with van der Waals surface area (Å²) in [5.74, 6) is 0.538. The van der Waals surface area contributed by atoms with Crippen LogP contribution in [0.15, 0.2) is 54.6 Å². The lowest BCUT2D eigenvalue weighted by Gasteiger charge is -2.28. The Kier molecular flexibility index (Phi) is 4.63. The second-order valence-corrected chi connectivity index (χ2v) is 5.74. The molecule has 2 aromatic carbocycles. The molecule has 4 heteroatoms. The molecule has 1 saturated heterocycles. The summed E-state index contributed by atoms with van der Waals surface area (Å²) in [7, 11) is 1.64. The first-order chi connectivity index (χ1) is 11.2. The first-order valence-corrected chi connectivity index (χ1v) is 7.89. The SMILES string of the molecule is COc1ccccc1C1CCCN1C(=O)C(O)c1ccccc1. The van der Waals surface area contributed by atoms with E-state index < -0.39 is 6.10 Å². The number of carbonyl (C=O) groups is 1. The van der Waals surface area contributed by atoms with Crippen LogP contribution >= 0.6 is 0 Å². The van der Waals surface area contributed by atoms with Gasteiger partial charge in [0.25, 0.3) is 5.91 Å². The zero-order valence-electron chi connectivity index (χ0n) is 13.2. The summed E-state index contributed by atoms with van der Waals surface area (Å²) in [6.07, 6.45) is 0.690. The molecule has 0 spiro atoms. The summed E-state index contributed by atoms with van der Waals surface area (Å²) in [4.78, 5) is 14.5. The Morgan fingerprint density at radius 1 is 1.17 bits per heavy atom. The smallest absolute Gasteiger partial charge is 0.256 e. The zero-order valence-corrected chi connectivity index (χ0v) is 13.2. The molecule has 0 bridgehead atoms. The van der Waals surface area contributed by atoms with Gasteiger partial charge in [0.15, 0.2) is 6.10 Å². The number of para-hydroxylation sites is 1. The number of nitrogens with zero attached hydrogens (tertiary/aromatic N) is 1. The number of amides is 1. The molecular formula is C19H21NO3. The maximum Gasteiger partial charge on any atom is 0.256 e. The van der Waals surface area contributed by atoms with Crippen molar-refractivity contribution in [3.63, 3.8) is 0 Å². The lowest BCUT2D eigenvalue weighted by Crippen LogP contribution is -2.34. The fourth-order valence-electron chi connectivity index (χ4n) is 3.23. The fraction of sp³-hybridized carbons (Fsp3) is 0.316. The van der Waals surface area contributed by atoms with Crippen LogP contribution in [0, 0.1) is 0 Å². The molecule has 23 heavy (non-hydrogen) atoms. The molecule has 2 unspecified atom stereocenters. The second kappa shape index (κ2) is 6.84. The molecular weight excluding hydrogens is 290 g/mol. The van der Waals surface area contributed by atoms with Gasteiger partial charge in [0, 0.05) is 12.1 Å². The highest BCUT2D eigenvalue weighted by Gasteiger charge is 2.35. The van der Waals surface area contributed by atoms with Crippen molar-refractivity contribution >= 4 is 5.91 Å². The number of benzene rings is 2. The molecule has 1 fully saturated rings. The van der Waals surface area contributed by atoms with E-state index in [1.807, 2.05) is 42.5 Å². The third kappa shape index (κ3) is 3.08. The number of hydrogen-bond acceptors (Lipinski definition) is 3. The van der Waals surface area contributed by atoms with Gasteiger partial charge in [0.2, 0.25) is 0 Å². The topological polar surface area (TPSA) is 49.8 Å². The predicted molar refractivity (Wildman–Crippen MR) is 88.1 cm³/mol. The monoisotopic (exact) mass is 311 g/mol. The quantitative estimate of drug-likeness (QED) is 0.944. The van der Waals surface area contributed by atoms with Crippen molar-refractivity contribution in [1.29, 1.82) is 0 Å². The summed E-state index contributed by atoms with van der Waals surface area (Å²) in [5, 5.41) is 10.4. The Balaban J connectivity index is 1.85. The van der Waals surface area contributed by atoms with Crippen molar-refractivity contribution in [2.24, 2.45) is 0 Å². The number of aliphatic hydroxyl groups is 1. The normalized spacial score (nSPS) is 18.7. The van der Waals surface area contributed by atoms with E-state index in [9.17, 15) is 9.90 Å². The Morgan fingerprint density at radius 3 is 2.61 bits per heavy atom. The van der Waals surface area contributed by atoms with E-state index in [-0.39, 0.29) is 11.9 Å². The Labute approximate surface area is 136 Å². The molecule has 4 nitrogen and oxygen atoms in total. The van der Waals surface area contributed by atoms with Crippen LogP contribution in [0.5, 0.6) is 5.75 Å². The lowest BCUT2D eigenvalue weighted by atomic mass is 10.0. The van der Waals surface area contributed by atoms with Crippen molar-refractivity contribution in [2.45, 2.75) is 25.0 Å². The van der Waals surface area contributed by atoms with Crippen molar-refractivity contribution in [2.75, 3.05) is 13.7 Å². The minimum absolute atomic E-state index is 0.0444. The van der Waals surface area contributed by atoms with E-state index in [0.29, 0.717) is 12.1 Å². The van der Waals surface area contributed by atoms with E-state index in [0.717, 1.165) is 24.2 Å². The molecule has 120 valence electrons. The van der Waals surface area contributed by atoms with Crippen molar-refractivity contribution in [3.8, 4) is 5.75 Å². The van der Waals surface area contributed by atoms with Crippen molar-refractivity contribution in [3.05, 3.63) is 65.7 Å². The molecule has 1 amide bonds. The van der Waals surface area contributed by atoms with Crippen molar-refractivity contribution < 1.29 is 14.6 Å². The van der Waals surface area contributed by atoms with Crippen LogP contribution in [0.25, 0.3) is 0 Å². The van der Waals surface area contributed by atoms with E-state index in [1.165, 1.54) is 0 Å². The Morgan fingerprint density at radius 2 is 1.87 bits per heavy atom. The first kappa shape index (κ1) is 15.6. The number of carbonyl (C=O) groups excluding carboxylic acids is 1. The number of ether oxygens (including phenoxy) is 1. The summed E-state index contributed by atoms with van der Waals surface area (Å²) in [5.41, 5.74) is 1.63. The van der Waals surface area contributed by atoms with Crippen LogP contribution in [0.1, 0.15) is 36.1 Å². The van der Waals surface area contributed by atoms with E-state index in [2.05, 4.69) is 0 Å². The molecule has 0 radical (unpaired) electrons. The predicted octanol–water partition coefficient (Wildman–Crippen LogP) is 3.09. The first-order valence-electron chi connectivity index (χ1n) is 7.89. The van der Waals surface area contributed by atoms with Crippen LogP contribution in [-0.4, -0.2) is 29.6 Å². The molecule has 1 N–H and O–H groups in total. The highest BCUT2D eigenvalue weighted by molar-refractivity contribution is 5.82. The van der Waals surface area contributed by atoms with Gasteiger partial charge in [0.05, 0.1) is 13.2 Å². The highest BCUT2D eigenvalue weighted by Crippen LogP contribution is 2.38. The average Bonchev–Trinajstić information content (AvgIpc) is 3.10. The van der Waals surface area contributed by atoms with Gasteiger partial charge in [-0.25, -0.2) is 0 Å². The maximum absolute atomic E-state index is 12.8. The van der Waals surface area contributed by atoms with Crippen LogP contribution < -0.4 is 4.74 Å². The molecule has 2 aromatic rings. The van der Waals surface area contributed by atoms with Crippen molar-refractivity contribution in [1.82, 2.24) is 4.90 Å². The van der Waals surface area contributed by atoms with Gasteiger partial charge < -0.3 is 14.7 Å². The summed E-state index contributed by atoms with van der Waals surface area (Å²) in [6, 6.07) is 16.8. The van der Waals surface area contributed by atoms with Gasteiger partial charge >= 0.3 is 0 Å². The third-order valence-electron chi connectivity index (χ3n) is 4.38. The molecule has 0 saturated carbocycles. The van der Waals surface area contributed by atoms with Crippen LogP contribution in [0.3, 0.4) is 0 Å². The molecule has 0 aromatic heterocycles. The number of rotatable bonds is 4. The fourth-order valence-corrected chi connectivity index (χ4v) is 3.23. The summed E-state index contributed by atoms with van der Waals surface area (Å²) < 4.78 is 5.43. The van der Waals surface area contributed by atoms with Gasteiger partial charge in [-0.15, -0.1) is 0 Å². The number of methoxy groups -OCH3 is 1. The standard InChI is InChI=1S/C19H21NO3/c1-23-17-12-6-5-10-15(17)16-11-7-13-20(16)19(22)18(21)14-8-3-2-4-9-14/h2-6,8-10,12,16,18,21H,7,11,13H2,1H3. The summed E-state index contributed by atoms with van der Waals surface area (Å²) >= 11 is 0. The number of likely N-dealkylation sites (tertiary alicyclic amines) is 1. The maximum atomic E-state index is 12.8. The highest BCUT2D eigenvalue weighted by atomic mass is 16.5. The van der Waals surface area contributed by atoms with Gasteiger partial charge in [-0.2, -0.15) is 0 Å².